The summed E-state index contributed by atoms with van der Waals surface area (Å²) in [4.78, 5) is 23.4. The summed E-state index contributed by atoms with van der Waals surface area (Å²) in [5.41, 5.74) is 0. The topological polar surface area (TPSA) is 105 Å². The first-order chi connectivity index (χ1) is 42.5. The maximum atomic E-state index is 13.1. The Kier molecular flexibility index (Phi) is 64.9. The van der Waals surface area contributed by atoms with E-state index in [0.717, 1.165) is 89.9 Å². The first kappa shape index (κ1) is 83.9. The number of nitrogens with one attached hydrogen (secondary N) is 1. The highest BCUT2D eigenvalue weighted by Crippen LogP contribution is 2.43. The largest absolute Gasteiger partial charge is 0.472 e. The van der Waals surface area contributed by atoms with Gasteiger partial charge in [-0.2, -0.15) is 0 Å². The highest BCUT2D eigenvalue weighted by molar-refractivity contribution is 7.47. The molecule has 0 spiro atoms. The van der Waals surface area contributed by atoms with Crippen molar-refractivity contribution in [2.75, 3.05) is 40.9 Å². The summed E-state index contributed by atoms with van der Waals surface area (Å²) in [5, 5.41) is 14.0. The summed E-state index contributed by atoms with van der Waals surface area (Å²) in [5.74, 6) is -0.194. The van der Waals surface area contributed by atoms with Crippen LogP contribution in [0.3, 0.4) is 0 Å². The van der Waals surface area contributed by atoms with Crippen molar-refractivity contribution in [1.29, 1.82) is 0 Å². The number of likely N-dealkylation sites (N-methyl/N-ethyl adjacent to an activating group) is 1. The van der Waals surface area contributed by atoms with Crippen molar-refractivity contribution in [3.05, 3.63) is 122 Å². The molecule has 0 aliphatic heterocycles. The minimum Gasteiger partial charge on any atom is -0.387 e. The van der Waals surface area contributed by atoms with Gasteiger partial charge in [0, 0.05) is 6.42 Å². The molecule has 87 heavy (non-hydrogen) atoms. The highest BCUT2D eigenvalue weighted by atomic mass is 31.2. The van der Waals surface area contributed by atoms with Crippen LogP contribution in [-0.4, -0.2) is 73.4 Å². The van der Waals surface area contributed by atoms with Crippen LogP contribution >= 0.6 is 7.82 Å². The molecule has 3 unspecified atom stereocenters. The smallest absolute Gasteiger partial charge is 0.387 e. The van der Waals surface area contributed by atoms with E-state index in [4.69, 9.17) is 9.05 Å². The number of unbranched alkanes of at least 4 members (excludes halogenated alkanes) is 35. The normalized spacial score (nSPS) is 14.3. The zero-order valence-electron chi connectivity index (χ0n) is 57.5. The van der Waals surface area contributed by atoms with E-state index >= 15 is 0 Å². The number of hydrogen-bond donors (Lipinski definition) is 3. The molecule has 3 atom stereocenters. The molecule has 0 aromatic heterocycles. The molecule has 8 nitrogen and oxygen atoms in total. The molecular weight excluding hydrogens is 1090 g/mol. The number of phosphoric ester groups is 1. The van der Waals surface area contributed by atoms with Gasteiger partial charge in [-0.15, -0.1) is 0 Å². The van der Waals surface area contributed by atoms with Crippen LogP contribution in [0.2, 0.25) is 0 Å². The summed E-state index contributed by atoms with van der Waals surface area (Å²) >= 11 is 0. The maximum absolute atomic E-state index is 13.1. The molecule has 0 rings (SSSR count). The number of carbonyl (C=O) groups is 1. The minimum absolute atomic E-state index is 0.0486. The van der Waals surface area contributed by atoms with Crippen LogP contribution < -0.4 is 5.32 Å². The summed E-state index contributed by atoms with van der Waals surface area (Å²) in [6, 6.07) is -0.880. The van der Waals surface area contributed by atoms with Crippen LogP contribution in [0.5, 0.6) is 0 Å². The van der Waals surface area contributed by atoms with Gasteiger partial charge in [-0.3, -0.25) is 13.8 Å². The third-order valence-corrected chi connectivity index (χ3v) is 16.9. The van der Waals surface area contributed by atoms with Crippen LogP contribution in [0.25, 0.3) is 0 Å². The van der Waals surface area contributed by atoms with E-state index in [1.54, 1.807) is 6.08 Å². The molecule has 1 amide bonds. The van der Waals surface area contributed by atoms with Gasteiger partial charge >= 0.3 is 7.82 Å². The van der Waals surface area contributed by atoms with E-state index < -0.39 is 20.0 Å². The highest BCUT2D eigenvalue weighted by Gasteiger charge is 2.28. The van der Waals surface area contributed by atoms with Crippen molar-refractivity contribution < 1.29 is 32.9 Å². The quantitative estimate of drug-likeness (QED) is 0.0243. The zero-order chi connectivity index (χ0) is 63.4. The van der Waals surface area contributed by atoms with Gasteiger partial charge < -0.3 is 19.8 Å². The molecular formula is C78H140N2O6P+. The predicted octanol–water partition coefficient (Wildman–Crippen LogP) is 23.6. The van der Waals surface area contributed by atoms with Gasteiger partial charge in [0.1, 0.15) is 13.2 Å². The third-order valence-electron chi connectivity index (χ3n) is 15.9. The Morgan fingerprint density at radius 1 is 0.402 bits per heavy atom. The van der Waals surface area contributed by atoms with Crippen molar-refractivity contribution in [2.45, 2.75) is 328 Å². The molecule has 502 valence electrons. The van der Waals surface area contributed by atoms with Crippen LogP contribution in [0.1, 0.15) is 316 Å². The van der Waals surface area contributed by atoms with Gasteiger partial charge in [0.05, 0.1) is 39.9 Å². The molecule has 0 radical (unpaired) electrons. The van der Waals surface area contributed by atoms with Crippen LogP contribution in [0.4, 0.5) is 0 Å². The monoisotopic (exact) mass is 1230 g/mol. The third kappa shape index (κ3) is 70.2. The second-order valence-corrected chi connectivity index (χ2v) is 27.0. The fraction of sp³-hybridized carbons (Fsp3) is 0.731. The number of quaternary nitrogens is 1. The predicted molar refractivity (Wildman–Crippen MR) is 382 cm³/mol. The van der Waals surface area contributed by atoms with Crippen molar-refractivity contribution in [2.24, 2.45) is 0 Å². The van der Waals surface area contributed by atoms with Crippen LogP contribution in [-0.2, 0) is 18.4 Å². The number of carbonyl (C=O) groups excluding carboxylic acids is 1. The lowest BCUT2D eigenvalue weighted by Crippen LogP contribution is -2.45. The molecule has 0 aliphatic carbocycles. The second-order valence-electron chi connectivity index (χ2n) is 25.6. The first-order valence-electron chi connectivity index (χ1n) is 36.4. The average molecular weight is 1230 g/mol. The number of amides is 1. The number of rotatable bonds is 66. The molecule has 9 heteroatoms. The van der Waals surface area contributed by atoms with Gasteiger partial charge in [0.15, 0.2) is 0 Å². The Bertz CT molecular complexity index is 1840. The van der Waals surface area contributed by atoms with Crippen molar-refractivity contribution in [1.82, 2.24) is 5.32 Å². The standard InChI is InChI=1S/C78H139N2O6P/c1-6-8-10-12-14-16-18-20-22-24-26-28-30-32-34-36-38-39-40-41-42-44-46-48-50-52-54-56-58-60-62-64-66-68-70-72-78(82)79-76(75-86-87(83,84)85-74-73-80(3,4)5)77(81)71-69-67-65-63-61-59-57-55-53-51-49-47-45-43-37-35-33-31-29-27-25-23-21-19-17-15-13-11-9-7-2/h8,10,14,16,20,22,26,28,32,34,38-39,41-42,53,55,61,63,69,71,76-77,81H,6-7,9,11-13,15,17-19,21,23-25,27,29-31,33,35-37,40,43-52,54,56-60,62,64-68,70,72-75H2,1-5H3,(H-,79,82,83,84)/p+1/b10-8-,16-14-,22-20-,28-26-,34-32-,39-38-,42-41-,55-53+,63-61+,71-69+. The lowest BCUT2D eigenvalue weighted by Gasteiger charge is -2.25. The number of phosphoric acid groups is 1. The van der Waals surface area contributed by atoms with Crippen molar-refractivity contribution in [3.8, 4) is 0 Å². The summed E-state index contributed by atoms with van der Waals surface area (Å²) < 4.78 is 23.8. The maximum Gasteiger partial charge on any atom is 0.472 e. The molecule has 0 aromatic rings. The van der Waals surface area contributed by atoms with E-state index in [9.17, 15) is 19.4 Å². The van der Waals surface area contributed by atoms with Crippen molar-refractivity contribution >= 4 is 13.7 Å². The van der Waals surface area contributed by atoms with Gasteiger partial charge in [0.2, 0.25) is 5.91 Å². The fourth-order valence-electron chi connectivity index (χ4n) is 10.3. The molecule has 3 N–H and O–H groups in total. The SMILES string of the molecule is CC/C=C\C/C=C\C/C=C\C/C=C\C/C=C\C/C=C\C/C=C\CCCCCCCCCCCCCCCC(=O)NC(COP(=O)(O)OCC[N+](C)(C)C)C(O)/C=C/CC/C=C/CC/C=C/CCCCCCCCCCCCCCCCCCCCCC. The molecule has 0 saturated carbocycles. The molecule has 0 saturated heterocycles. The van der Waals surface area contributed by atoms with Crippen LogP contribution in [0.15, 0.2) is 122 Å². The molecule has 0 bridgehead atoms. The van der Waals surface area contributed by atoms with E-state index in [1.807, 2.05) is 27.2 Å². The van der Waals surface area contributed by atoms with Gasteiger partial charge in [-0.05, 0) is 103 Å². The zero-order valence-corrected chi connectivity index (χ0v) is 58.4. The minimum atomic E-state index is -4.38. The molecule has 0 aliphatic rings. The number of hydrogen-bond acceptors (Lipinski definition) is 5. The van der Waals surface area contributed by atoms with Gasteiger partial charge in [0.25, 0.3) is 0 Å². The van der Waals surface area contributed by atoms with E-state index in [-0.39, 0.29) is 19.1 Å². The Labute approximate surface area is 539 Å². The lowest BCUT2D eigenvalue weighted by atomic mass is 10.0. The number of aliphatic hydroxyl groups is 1. The molecule has 0 fully saturated rings. The van der Waals surface area contributed by atoms with Crippen molar-refractivity contribution in [3.63, 3.8) is 0 Å². The van der Waals surface area contributed by atoms with Gasteiger partial charge in [-0.1, -0.05) is 328 Å². The summed E-state index contributed by atoms with van der Waals surface area (Å²) in [6.07, 6.45) is 101. The number of aliphatic hydroxyl groups excluding tert-OH is 1. The first-order valence-corrected chi connectivity index (χ1v) is 37.9. The average Bonchev–Trinajstić information content (AvgIpc) is 3.70. The Morgan fingerprint density at radius 2 is 0.701 bits per heavy atom. The summed E-state index contributed by atoms with van der Waals surface area (Å²) in [6.45, 7) is 4.69. The number of allylic oxidation sites excluding steroid dienone is 19. The number of nitrogens with zero attached hydrogens (tertiary/aromatic N) is 1. The van der Waals surface area contributed by atoms with E-state index in [1.165, 1.54) is 205 Å². The second kappa shape index (κ2) is 67.3. The fourth-order valence-corrected chi connectivity index (χ4v) is 11.0. The lowest BCUT2D eigenvalue weighted by molar-refractivity contribution is -0.870. The van der Waals surface area contributed by atoms with Crippen LogP contribution in [0, 0.1) is 0 Å². The molecule has 0 aromatic carbocycles. The van der Waals surface area contributed by atoms with E-state index in [0.29, 0.717) is 17.4 Å². The molecule has 0 heterocycles. The van der Waals surface area contributed by atoms with E-state index in [2.05, 4.69) is 129 Å². The Morgan fingerprint density at radius 3 is 1.06 bits per heavy atom. The van der Waals surface area contributed by atoms with Gasteiger partial charge in [-0.25, -0.2) is 4.57 Å². The Balaban J connectivity index is 4.14. The summed E-state index contributed by atoms with van der Waals surface area (Å²) in [7, 11) is 1.54. The Hall–Kier alpha value is -3.10.